The molecular formula is C14H13O2P. The average molecular weight is 244 g/mol. The van der Waals surface area contributed by atoms with E-state index in [0.717, 1.165) is 28.6 Å². The van der Waals surface area contributed by atoms with E-state index < -0.39 is 8.03 Å². The Morgan fingerprint density at radius 2 is 1.94 bits per heavy atom. The van der Waals surface area contributed by atoms with Crippen LogP contribution in [0.15, 0.2) is 42.5 Å². The molecule has 2 aromatic carbocycles. The van der Waals surface area contributed by atoms with Gasteiger partial charge in [0.05, 0.1) is 5.30 Å². The molecule has 1 unspecified atom stereocenters. The summed E-state index contributed by atoms with van der Waals surface area (Å²) < 4.78 is 17.6. The maximum Gasteiger partial charge on any atom is 0.266 e. The predicted molar refractivity (Wildman–Crippen MR) is 70.5 cm³/mol. The molecule has 17 heavy (non-hydrogen) atoms. The highest BCUT2D eigenvalue weighted by atomic mass is 31.1. The van der Waals surface area contributed by atoms with Crippen molar-refractivity contribution in [3.05, 3.63) is 48.0 Å². The molecule has 1 aliphatic heterocycles. The van der Waals surface area contributed by atoms with Gasteiger partial charge in [0.15, 0.2) is 0 Å². The van der Waals surface area contributed by atoms with Gasteiger partial charge in [-0.3, -0.25) is 4.57 Å². The van der Waals surface area contributed by atoms with Gasteiger partial charge < -0.3 is 4.52 Å². The first-order valence-electron chi connectivity index (χ1n) is 5.74. The molecule has 0 fully saturated rings. The fraction of sp³-hybridized carbons (Fsp3) is 0.143. The second-order valence-electron chi connectivity index (χ2n) is 4.12. The van der Waals surface area contributed by atoms with Crippen molar-refractivity contribution in [1.82, 2.24) is 0 Å². The van der Waals surface area contributed by atoms with Gasteiger partial charge in [0.25, 0.3) is 8.03 Å². The maximum absolute atomic E-state index is 12.1. The second-order valence-corrected chi connectivity index (χ2v) is 5.44. The van der Waals surface area contributed by atoms with Crippen molar-refractivity contribution < 1.29 is 9.09 Å². The Bertz CT molecular complexity index is 605. The number of fused-ring (bicyclic) bond motifs is 3. The number of hydrogen-bond donors (Lipinski definition) is 0. The lowest BCUT2D eigenvalue weighted by Crippen LogP contribution is -2.11. The van der Waals surface area contributed by atoms with E-state index in [0.29, 0.717) is 0 Å². The quantitative estimate of drug-likeness (QED) is 0.718. The Hall–Kier alpha value is -1.53. The van der Waals surface area contributed by atoms with Gasteiger partial charge in [-0.25, -0.2) is 0 Å². The van der Waals surface area contributed by atoms with Gasteiger partial charge in [0, 0.05) is 5.56 Å². The summed E-state index contributed by atoms with van der Waals surface area (Å²) in [6.45, 7) is 2.09. The van der Waals surface area contributed by atoms with Crippen LogP contribution in [0.25, 0.3) is 11.1 Å². The van der Waals surface area contributed by atoms with Crippen molar-refractivity contribution in [1.29, 1.82) is 0 Å². The average Bonchev–Trinajstić information content (AvgIpc) is 2.38. The molecule has 2 aromatic rings. The zero-order valence-corrected chi connectivity index (χ0v) is 10.6. The molecule has 0 spiro atoms. The number of para-hydroxylation sites is 1. The third-order valence-corrected chi connectivity index (χ3v) is 4.35. The van der Waals surface area contributed by atoms with E-state index in [1.165, 1.54) is 5.56 Å². The summed E-state index contributed by atoms with van der Waals surface area (Å²) in [4.78, 5) is 0. The minimum atomic E-state index is -2.14. The zero-order chi connectivity index (χ0) is 11.8. The fourth-order valence-electron chi connectivity index (χ4n) is 2.15. The summed E-state index contributed by atoms with van der Waals surface area (Å²) >= 11 is 0. The summed E-state index contributed by atoms with van der Waals surface area (Å²) in [5, 5.41) is 0.855. The maximum atomic E-state index is 12.1. The second kappa shape index (κ2) is 4.05. The van der Waals surface area contributed by atoms with Crippen LogP contribution in [0, 0.1) is 0 Å². The number of benzene rings is 2. The van der Waals surface area contributed by atoms with Crippen LogP contribution in [0.2, 0.25) is 0 Å². The van der Waals surface area contributed by atoms with Crippen molar-refractivity contribution in [2.75, 3.05) is 0 Å². The summed E-state index contributed by atoms with van der Waals surface area (Å²) in [5.74, 6) is 0.730. The van der Waals surface area contributed by atoms with Gasteiger partial charge >= 0.3 is 0 Å². The van der Waals surface area contributed by atoms with E-state index in [4.69, 9.17) is 4.52 Å². The molecule has 3 heteroatoms. The minimum Gasteiger partial charge on any atom is -0.441 e. The molecule has 0 saturated heterocycles. The third kappa shape index (κ3) is 1.69. The van der Waals surface area contributed by atoms with Crippen LogP contribution < -0.4 is 9.83 Å². The number of rotatable bonds is 1. The van der Waals surface area contributed by atoms with Crippen LogP contribution in [0.5, 0.6) is 5.75 Å². The molecule has 0 aromatic heterocycles. The molecule has 1 heterocycles. The Balaban J connectivity index is 2.26. The van der Waals surface area contributed by atoms with Crippen LogP contribution in [-0.4, -0.2) is 0 Å². The fourth-order valence-corrected chi connectivity index (χ4v) is 3.38. The molecule has 0 amide bonds. The molecule has 0 saturated carbocycles. The molecule has 0 aliphatic carbocycles. The molecular weight excluding hydrogens is 231 g/mol. The van der Waals surface area contributed by atoms with Gasteiger partial charge in [0.1, 0.15) is 5.75 Å². The van der Waals surface area contributed by atoms with Crippen molar-refractivity contribution in [2.45, 2.75) is 13.3 Å². The Labute approximate surface area is 101 Å². The van der Waals surface area contributed by atoms with Gasteiger partial charge in [-0.15, -0.1) is 0 Å². The van der Waals surface area contributed by atoms with Gasteiger partial charge in [-0.1, -0.05) is 37.3 Å². The first kappa shape index (κ1) is 10.6. The summed E-state index contributed by atoms with van der Waals surface area (Å²) in [6, 6.07) is 13.9. The highest BCUT2D eigenvalue weighted by Gasteiger charge is 2.21. The van der Waals surface area contributed by atoms with E-state index in [-0.39, 0.29) is 0 Å². The lowest BCUT2D eigenvalue weighted by atomic mass is 10.0. The summed E-state index contributed by atoms with van der Waals surface area (Å²) in [7, 11) is -2.14. The van der Waals surface area contributed by atoms with E-state index in [1.54, 1.807) is 0 Å². The van der Waals surface area contributed by atoms with Crippen LogP contribution in [0.3, 0.4) is 0 Å². The largest absolute Gasteiger partial charge is 0.441 e. The highest BCUT2D eigenvalue weighted by Crippen LogP contribution is 2.42. The molecule has 86 valence electrons. The molecule has 1 aliphatic rings. The van der Waals surface area contributed by atoms with E-state index in [1.807, 2.05) is 30.3 Å². The first-order valence-corrected chi connectivity index (χ1v) is 7.05. The normalized spacial score (nSPS) is 16.9. The first-order chi connectivity index (χ1) is 8.29. The van der Waals surface area contributed by atoms with Crippen molar-refractivity contribution in [3.8, 4) is 16.9 Å². The monoisotopic (exact) mass is 244 g/mol. The summed E-state index contributed by atoms with van der Waals surface area (Å²) in [5.41, 5.74) is 3.28. The van der Waals surface area contributed by atoms with E-state index in [2.05, 4.69) is 19.1 Å². The smallest absolute Gasteiger partial charge is 0.266 e. The minimum absolute atomic E-state index is 0.730. The lowest BCUT2D eigenvalue weighted by Gasteiger charge is -2.20. The van der Waals surface area contributed by atoms with Gasteiger partial charge in [-0.2, -0.15) is 0 Å². The lowest BCUT2D eigenvalue weighted by molar-refractivity contribution is 0.513. The Kier molecular flexibility index (Phi) is 2.53. The predicted octanol–water partition coefficient (Wildman–Crippen LogP) is 3.41. The number of hydrogen-bond acceptors (Lipinski definition) is 2. The molecule has 3 rings (SSSR count). The van der Waals surface area contributed by atoms with E-state index in [9.17, 15) is 4.57 Å². The highest BCUT2D eigenvalue weighted by molar-refractivity contribution is 7.49. The molecule has 0 bridgehead atoms. The molecule has 2 nitrogen and oxygen atoms in total. The number of aryl methyl sites for hydroxylation is 1. The molecule has 1 atom stereocenters. The van der Waals surface area contributed by atoms with Crippen molar-refractivity contribution in [3.63, 3.8) is 0 Å². The van der Waals surface area contributed by atoms with Crippen LogP contribution in [0.1, 0.15) is 12.5 Å². The van der Waals surface area contributed by atoms with Crippen molar-refractivity contribution >= 4 is 13.3 Å². The van der Waals surface area contributed by atoms with Gasteiger partial charge in [-0.05, 0) is 29.7 Å². The van der Waals surface area contributed by atoms with Crippen LogP contribution in [0.4, 0.5) is 0 Å². The molecule has 0 radical (unpaired) electrons. The topological polar surface area (TPSA) is 26.3 Å². The standard InChI is InChI=1S/C14H13O2P/c1-2-10-7-8-12-11-5-3-4-6-13(11)16-17(15)14(12)9-10/h3-9,17H,2H2,1H3. The van der Waals surface area contributed by atoms with Crippen LogP contribution >= 0.6 is 8.03 Å². The third-order valence-electron chi connectivity index (χ3n) is 3.09. The van der Waals surface area contributed by atoms with Crippen LogP contribution in [-0.2, 0) is 11.0 Å². The zero-order valence-electron chi connectivity index (χ0n) is 9.57. The Morgan fingerprint density at radius 3 is 2.76 bits per heavy atom. The SMILES string of the molecule is CCc1ccc2c(c1)[PH](=O)Oc1ccccc1-2. The summed E-state index contributed by atoms with van der Waals surface area (Å²) in [6.07, 6.45) is 0.948. The van der Waals surface area contributed by atoms with E-state index >= 15 is 0 Å². The van der Waals surface area contributed by atoms with Gasteiger partial charge in [0.2, 0.25) is 0 Å². The Morgan fingerprint density at radius 1 is 1.12 bits per heavy atom. The van der Waals surface area contributed by atoms with Crippen molar-refractivity contribution in [2.24, 2.45) is 0 Å². The molecule has 0 N–H and O–H groups in total.